The summed E-state index contributed by atoms with van der Waals surface area (Å²) in [6.45, 7) is 3.29. The van der Waals surface area contributed by atoms with Crippen LogP contribution in [-0.2, 0) is 17.8 Å². The molecule has 0 amide bonds. The third-order valence-electron chi connectivity index (χ3n) is 2.91. The highest BCUT2D eigenvalue weighted by molar-refractivity contribution is 7.09. The number of aromatic amines is 1. The number of hydrogen-bond donors (Lipinski definition) is 1. The summed E-state index contributed by atoms with van der Waals surface area (Å²) in [4.78, 5) is 28.4. The lowest BCUT2D eigenvalue weighted by molar-refractivity contribution is 0.0518. The molecule has 1 aromatic heterocycles. The molecule has 0 radical (unpaired) electrons. The number of carbonyl (C=O) groups excluding carboxylic acids is 1. The molecule has 2 rings (SSSR count). The number of thiazole rings is 1. The fourth-order valence-electron chi connectivity index (χ4n) is 2.04. The summed E-state index contributed by atoms with van der Waals surface area (Å²) in [5, 5.41) is 0. The Morgan fingerprint density at radius 1 is 1.29 bits per heavy atom. The molecule has 112 valence electrons. The van der Waals surface area contributed by atoms with Gasteiger partial charge in [-0.25, -0.2) is 4.79 Å². The lowest BCUT2D eigenvalue weighted by atomic mass is 10.2. The summed E-state index contributed by atoms with van der Waals surface area (Å²) in [7, 11) is 1.95. The lowest BCUT2D eigenvalue weighted by Crippen LogP contribution is -2.18. The lowest BCUT2D eigenvalue weighted by Gasteiger charge is -2.16. The number of H-pyrrole nitrogens is 1. The summed E-state index contributed by atoms with van der Waals surface area (Å²) in [5.41, 5.74) is 1.45. The average molecular weight is 306 g/mol. The summed E-state index contributed by atoms with van der Waals surface area (Å²) < 4.78 is 4.96. The predicted octanol–water partition coefficient (Wildman–Crippen LogP) is 2.25. The van der Waals surface area contributed by atoms with E-state index in [1.54, 1.807) is 6.92 Å². The zero-order valence-corrected chi connectivity index (χ0v) is 12.9. The van der Waals surface area contributed by atoms with E-state index in [9.17, 15) is 9.59 Å². The van der Waals surface area contributed by atoms with Gasteiger partial charge in [-0.15, -0.1) is 0 Å². The Morgan fingerprint density at radius 3 is 2.67 bits per heavy atom. The second kappa shape index (κ2) is 7.19. The minimum Gasteiger partial charge on any atom is -0.461 e. The fraction of sp³-hybridized carbons (Fsp3) is 0.333. The van der Waals surface area contributed by atoms with E-state index in [4.69, 9.17) is 4.74 Å². The molecule has 6 heteroatoms. The van der Waals surface area contributed by atoms with Crippen LogP contribution in [0.25, 0.3) is 0 Å². The molecule has 0 aliphatic rings. The zero-order chi connectivity index (χ0) is 15.2. The van der Waals surface area contributed by atoms with Gasteiger partial charge in [0.2, 0.25) is 0 Å². The first-order valence-corrected chi connectivity index (χ1v) is 7.53. The summed E-state index contributed by atoms with van der Waals surface area (Å²) in [6, 6.07) is 10.0. The van der Waals surface area contributed by atoms with Gasteiger partial charge < -0.3 is 9.72 Å². The van der Waals surface area contributed by atoms with Crippen LogP contribution in [-0.4, -0.2) is 29.5 Å². The quantitative estimate of drug-likeness (QED) is 0.832. The molecule has 0 fully saturated rings. The Hall–Kier alpha value is -1.92. The standard InChI is InChI=1S/C15H18N2O3S/c1-3-20-14(18)13-12(21-15(19)16-13)10-17(2)9-11-7-5-4-6-8-11/h4-8H,3,9-10H2,1-2H3,(H,16,19). The van der Waals surface area contributed by atoms with E-state index in [1.807, 2.05) is 37.4 Å². The molecule has 1 N–H and O–H groups in total. The Kier molecular flexibility index (Phi) is 5.30. The first kappa shape index (κ1) is 15.5. The first-order chi connectivity index (χ1) is 10.1. The molecular formula is C15H18N2O3S. The van der Waals surface area contributed by atoms with Crippen LogP contribution in [0.1, 0.15) is 27.9 Å². The summed E-state index contributed by atoms with van der Waals surface area (Å²) in [5.74, 6) is -0.473. The van der Waals surface area contributed by atoms with Crippen molar-refractivity contribution in [3.63, 3.8) is 0 Å². The van der Waals surface area contributed by atoms with E-state index in [1.165, 1.54) is 5.56 Å². The molecule has 5 nitrogen and oxygen atoms in total. The van der Waals surface area contributed by atoms with Crippen LogP contribution < -0.4 is 4.87 Å². The van der Waals surface area contributed by atoms with Crippen molar-refractivity contribution < 1.29 is 9.53 Å². The zero-order valence-electron chi connectivity index (χ0n) is 12.1. The van der Waals surface area contributed by atoms with Crippen molar-refractivity contribution in [3.05, 3.63) is 56.1 Å². The number of carbonyl (C=O) groups is 1. The van der Waals surface area contributed by atoms with E-state index in [-0.39, 0.29) is 17.2 Å². The van der Waals surface area contributed by atoms with Gasteiger partial charge in [-0.1, -0.05) is 41.7 Å². The number of esters is 1. The minimum absolute atomic E-state index is 0.235. The maximum atomic E-state index is 11.8. The molecule has 21 heavy (non-hydrogen) atoms. The largest absolute Gasteiger partial charge is 0.461 e. The monoisotopic (exact) mass is 306 g/mol. The molecule has 0 unspecified atom stereocenters. The molecule has 0 saturated heterocycles. The van der Waals surface area contributed by atoms with E-state index in [2.05, 4.69) is 9.88 Å². The fourth-order valence-corrected chi connectivity index (χ4v) is 2.93. The van der Waals surface area contributed by atoms with Gasteiger partial charge in [0.05, 0.1) is 11.5 Å². The topological polar surface area (TPSA) is 62.4 Å². The van der Waals surface area contributed by atoms with Gasteiger partial charge in [0.1, 0.15) is 5.69 Å². The third-order valence-corrected chi connectivity index (χ3v) is 3.78. The highest BCUT2D eigenvalue weighted by Gasteiger charge is 2.18. The number of nitrogens with one attached hydrogen (secondary N) is 1. The van der Waals surface area contributed by atoms with E-state index in [0.29, 0.717) is 11.4 Å². The van der Waals surface area contributed by atoms with Crippen LogP contribution in [0.2, 0.25) is 0 Å². The normalized spacial score (nSPS) is 10.8. The van der Waals surface area contributed by atoms with Crippen molar-refractivity contribution in [2.24, 2.45) is 0 Å². The smallest absolute Gasteiger partial charge is 0.356 e. The number of benzene rings is 1. The molecule has 0 aliphatic heterocycles. The first-order valence-electron chi connectivity index (χ1n) is 6.71. The van der Waals surface area contributed by atoms with Gasteiger partial charge >= 0.3 is 10.8 Å². The van der Waals surface area contributed by atoms with Gasteiger partial charge in [-0.05, 0) is 19.5 Å². The number of hydrogen-bond acceptors (Lipinski definition) is 5. The highest BCUT2D eigenvalue weighted by Crippen LogP contribution is 2.15. The molecule has 1 aromatic carbocycles. The van der Waals surface area contributed by atoms with Gasteiger partial charge in [-0.3, -0.25) is 9.69 Å². The van der Waals surface area contributed by atoms with Crippen molar-refractivity contribution in [2.45, 2.75) is 20.0 Å². The van der Waals surface area contributed by atoms with Crippen molar-refractivity contribution in [3.8, 4) is 0 Å². The van der Waals surface area contributed by atoms with Crippen LogP contribution in [0, 0.1) is 0 Å². The van der Waals surface area contributed by atoms with E-state index < -0.39 is 5.97 Å². The van der Waals surface area contributed by atoms with Gasteiger partial charge in [0, 0.05) is 13.1 Å². The maximum absolute atomic E-state index is 11.8. The molecule has 0 saturated carbocycles. The Balaban J connectivity index is 2.08. The van der Waals surface area contributed by atoms with Crippen LogP contribution >= 0.6 is 11.3 Å². The van der Waals surface area contributed by atoms with Crippen molar-refractivity contribution in [1.82, 2.24) is 9.88 Å². The number of ether oxygens (including phenoxy) is 1. The summed E-state index contributed by atoms with van der Waals surface area (Å²) >= 11 is 1.05. The van der Waals surface area contributed by atoms with E-state index >= 15 is 0 Å². The third kappa shape index (κ3) is 4.27. The van der Waals surface area contributed by atoms with Gasteiger partial charge in [0.15, 0.2) is 0 Å². The summed E-state index contributed by atoms with van der Waals surface area (Å²) in [6.07, 6.45) is 0. The van der Waals surface area contributed by atoms with Gasteiger partial charge in [-0.2, -0.15) is 0 Å². The molecule has 1 heterocycles. The Labute approximate surface area is 127 Å². The van der Waals surface area contributed by atoms with Crippen LogP contribution in [0.5, 0.6) is 0 Å². The highest BCUT2D eigenvalue weighted by atomic mass is 32.1. The Bertz CT molecular complexity index is 648. The average Bonchev–Trinajstić information content (AvgIpc) is 2.81. The molecule has 0 aliphatic carbocycles. The predicted molar refractivity (Wildman–Crippen MR) is 82.5 cm³/mol. The number of rotatable bonds is 6. The SMILES string of the molecule is CCOC(=O)c1[nH]c(=O)sc1CN(C)Cc1ccccc1. The second-order valence-corrected chi connectivity index (χ2v) is 5.76. The maximum Gasteiger partial charge on any atom is 0.356 e. The molecule has 0 spiro atoms. The number of aromatic nitrogens is 1. The molecular weight excluding hydrogens is 288 g/mol. The molecule has 2 aromatic rings. The number of nitrogens with zero attached hydrogens (tertiary/aromatic N) is 1. The Morgan fingerprint density at radius 2 is 2.00 bits per heavy atom. The van der Waals surface area contributed by atoms with Crippen molar-refractivity contribution in [1.29, 1.82) is 0 Å². The van der Waals surface area contributed by atoms with Crippen molar-refractivity contribution >= 4 is 17.3 Å². The second-order valence-electron chi connectivity index (χ2n) is 4.69. The van der Waals surface area contributed by atoms with Gasteiger partial charge in [0.25, 0.3) is 0 Å². The van der Waals surface area contributed by atoms with E-state index in [0.717, 1.165) is 17.9 Å². The minimum atomic E-state index is -0.473. The molecule has 0 atom stereocenters. The van der Waals surface area contributed by atoms with Crippen LogP contribution in [0.15, 0.2) is 35.1 Å². The van der Waals surface area contributed by atoms with Crippen molar-refractivity contribution in [2.75, 3.05) is 13.7 Å². The van der Waals surface area contributed by atoms with Crippen LogP contribution in [0.3, 0.4) is 0 Å². The van der Waals surface area contributed by atoms with Crippen LogP contribution in [0.4, 0.5) is 0 Å². The molecule has 0 bridgehead atoms.